The van der Waals surface area contributed by atoms with E-state index in [4.69, 9.17) is 5.11 Å². The fourth-order valence-corrected chi connectivity index (χ4v) is 3.09. The molecule has 0 radical (unpaired) electrons. The van der Waals surface area contributed by atoms with Gasteiger partial charge in [0.05, 0.1) is 0 Å². The molecular formula is C15H26N2O2S. The van der Waals surface area contributed by atoms with E-state index >= 15 is 0 Å². The summed E-state index contributed by atoms with van der Waals surface area (Å²) in [5.74, 6) is -0.828. The van der Waals surface area contributed by atoms with Gasteiger partial charge in [0, 0.05) is 11.4 Å². The molecule has 114 valence electrons. The maximum absolute atomic E-state index is 10.9. The Kier molecular flexibility index (Phi) is 7.80. The molecule has 1 heterocycles. The first kappa shape index (κ1) is 17.1. The molecule has 1 N–H and O–H groups in total. The smallest absolute Gasteiger partial charge is 0.345 e. The Morgan fingerprint density at radius 1 is 1.10 bits per heavy atom. The van der Waals surface area contributed by atoms with E-state index in [9.17, 15) is 4.79 Å². The minimum Gasteiger partial charge on any atom is -0.477 e. The molecule has 0 saturated carbocycles. The minimum atomic E-state index is -0.828. The Morgan fingerprint density at radius 2 is 1.70 bits per heavy atom. The van der Waals surface area contributed by atoms with E-state index in [1.54, 1.807) is 6.07 Å². The highest BCUT2D eigenvalue weighted by Crippen LogP contribution is 2.18. The fraction of sp³-hybridized carbons (Fsp3) is 0.667. The van der Waals surface area contributed by atoms with Gasteiger partial charge in [-0.1, -0.05) is 20.8 Å². The monoisotopic (exact) mass is 298 g/mol. The van der Waals surface area contributed by atoms with E-state index in [-0.39, 0.29) is 0 Å². The third-order valence-electron chi connectivity index (χ3n) is 3.54. The highest BCUT2D eigenvalue weighted by Gasteiger charge is 2.10. The summed E-state index contributed by atoms with van der Waals surface area (Å²) in [6.07, 6.45) is 1.16. The zero-order valence-corrected chi connectivity index (χ0v) is 13.6. The molecule has 0 aliphatic rings. The topological polar surface area (TPSA) is 43.8 Å². The Bertz CT molecular complexity index is 402. The number of rotatable bonds is 10. The van der Waals surface area contributed by atoms with Crippen LogP contribution in [0.2, 0.25) is 0 Å². The predicted molar refractivity (Wildman–Crippen MR) is 84.6 cm³/mol. The van der Waals surface area contributed by atoms with Gasteiger partial charge in [0.2, 0.25) is 0 Å². The first-order chi connectivity index (χ1) is 9.60. The van der Waals surface area contributed by atoms with Crippen LogP contribution in [0.15, 0.2) is 12.1 Å². The number of carboxylic acid groups (broad SMARTS) is 1. The number of carbonyl (C=O) groups is 1. The maximum Gasteiger partial charge on any atom is 0.345 e. The van der Waals surface area contributed by atoms with Crippen LogP contribution < -0.4 is 0 Å². The van der Waals surface area contributed by atoms with Gasteiger partial charge in [-0.25, -0.2) is 4.79 Å². The van der Waals surface area contributed by atoms with Crippen LogP contribution in [0.5, 0.6) is 0 Å². The van der Waals surface area contributed by atoms with Crippen molar-refractivity contribution in [3.8, 4) is 0 Å². The molecule has 0 unspecified atom stereocenters. The van der Waals surface area contributed by atoms with Crippen molar-refractivity contribution in [2.45, 2.75) is 33.7 Å². The van der Waals surface area contributed by atoms with Crippen LogP contribution in [-0.2, 0) is 6.54 Å². The van der Waals surface area contributed by atoms with Crippen LogP contribution in [0, 0.1) is 0 Å². The fourth-order valence-electron chi connectivity index (χ4n) is 2.20. The van der Waals surface area contributed by atoms with Crippen LogP contribution in [0.4, 0.5) is 0 Å². The second-order valence-electron chi connectivity index (χ2n) is 4.82. The second-order valence-corrected chi connectivity index (χ2v) is 5.99. The zero-order valence-electron chi connectivity index (χ0n) is 12.8. The quantitative estimate of drug-likeness (QED) is 0.721. The van der Waals surface area contributed by atoms with Gasteiger partial charge in [0.25, 0.3) is 0 Å². The van der Waals surface area contributed by atoms with Crippen LogP contribution in [0.25, 0.3) is 0 Å². The molecule has 0 bridgehead atoms. The Hall–Kier alpha value is -0.910. The van der Waals surface area contributed by atoms with Crippen molar-refractivity contribution in [2.24, 2.45) is 0 Å². The SMILES string of the molecule is CCN(CC)CCCN(CC)Cc1ccc(C(=O)O)s1. The van der Waals surface area contributed by atoms with Crippen molar-refractivity contribution >= 4 is 17.3 Å². The predicted octanol–water partition coefficient (Wildman–Crippen LogP) is 3.00. The van der Waals surface area contributed by atoms with Gasteiger partial charge >= 0.3 is 5.97 Å². The molecule has 1 rings (SSSR count). The lowest BCUT2D eigenvalue weighted by Crippen LogP contribution is -2.29. The Balaban J connectivity index is 2.40. The number of hydrogen-bond donors (Lipinski definition) is 1. The average Bonchev–Trinajstić information content (AvgIpc) is 2.91. The first-order valence-corrected chi connectivity index (χ1v) is 8.19. The molecule has 0 aromatic carbocycles. The van der Waals surface area contributed by atoms with Crippen molar-refractivity contribution in [3.63, 3.8) is 0 Å². The third kappa shape index (κ3) is 5.61. The lowest BCUT2D eigenvalue weighted by molar-refractivity contribution is 0.0702. The van der Waals surface area contributed by atoms with Crippen LogP contribution in [0.1, 0.15) is 41.7 Å². The van der Waals surface area contributed by atoms with Gasteiger partial charge in [-0.2, -0.15) is 0 Å². The van der Waals surface area contributed by atoms with Crippen LogP contribution in [0.3, 0.4) is 0 Å². The van der Waals surface area contributed by atoms with E-state index in [1.165, 1.54) is 11.3 Å². The number of nitrogens with zero attached hydrogens (tertiary/aromatic N) is 2. The summed E-state index contributed by atoms with van der Waals surface area (Å²) >= 11 is 1.38. The number of thiophene rings is 1. The molecule has 0 amide bonds. The van der Waals surface area contributed by atoms with Crippen molar-refractivity contribution < 1.29 is 9.90 Å². The molecule has 0 atom stereocenters. The summed E-state index contributed by atoms with van der Waals surface area (Å²) < 4.78 is 0. The molecule has 0 spiro atoms. The first-order valence-electron chi connectivity index (χ1n) is 7.37. The zero-order chi connectivity index (χ0) is 15.0. The van der Waals surface area contributed by atoms with E-state index in [0.29, 0.717) is 4.88 Å². The summed E-state index contributed by atoms with van der Waals surface area (Å²) in [7, 11) is 0. The molecule has 0 aliphatic carbocycles. The number of aromatic carboxylic acids is 1. The largest absolute Gasteiger partial charge is 0.477 e. The van der Waals surface area contributed by atoms with Gasteiger partial charge in [-0.05, 0) is 51.3 Å². The molecule has 0 aliphatic heterocycles. The molecular weight excluding hydrogens is 272 g/mol. The average molecular weight is 298 g/mol. The van der Waals surface area contributed by atoms with E-state index in [1.807, 2.05) is 6.07 Å². The van der Waals surface area contributed by atoms with Gasteiger partial charge in [-0.3, -0.25) is 4.90 Å². The molecule has 1 aromatic heterocycles. The molecule has 1 aromatic rings. The van der Waals surface area contributed by atoms with E-state index in [0.717, 1.165) is 50.6 Å². The molecule has 20 heavy (non-hydrogen) atoms. The van der Waals surface area contributed by atoms with Crippen molar-refractivity contribution in [1.82, 2.24) is 9.80 Å². The lowest BCUT2D eigenvalue weighted by atomic mass is 10.3. The van der Waals surface area contributed by atoms with Crippen LogP contribution >= 0.6 is 11.3 Å². The summed E-state index contributed by atoms with van der Waals surface area (Å²) in [4.78, 5) is 17.2. The molecule has 4 nitrogen and oxygen atoms in total. The van der Waals surface area contributed by atoms with Gasteiger partial charge < -0.3 is 10.0 Å². The summed E-state index contributed by atoms with van der Waals surface area (Å²) in [5, 5.41) is 8.94. The van der Waals surface area contributed by atoms with Crippen LogP contribution in [-0.4, -0.2) is 53.6 Å². The van der Waals surface area contributed by atoms with Crippen molar-refractivity contribution in [3.05, 3.63) is 21.9 Å². The maximum atomic E-state index is 10.9. The molecule has 0 fully saturated rings. The number of carboxylic acids is 1. The lowest BCUT2D eigenvalue weighted by Gasteiger charge is -2.22. The number of hydrogen-bond acceptors (Lipinski definition) is 4. The van der Waals surface area contributed by atoms with Crippen molar-refractivity contribution in [1.29, 1.82) is 0 Å². The Labute approximate surface area is 126 Å². The minimum absolute atomic E-state index is 0.430. The highest BCUT2D eigenvalue weighted by molar-refractivity contribution is 7.13. The van der Waals surface area contributed by atoms with Gasteiger partial charge in [0.15, 0.2) is 0 Å². The van der Waals surface area contributed by atoms with Gasteiger partial charge in [0.1, 0.15) is 4.88 Å². The van der Waals surface area contributed by atoms with E-state index < -0.39 is 5.97 Å². The second kappa shape index (κ2) is 9.10. The summed E-state index contributed by atoms with van der Waals surface area (Å²) in [6, 6.07) is 3.63. The highest BCUT2D eigenvalue weighted by atomic mass is 32.1. The van der Waals surface area contributed by atoms with Crippen molar-refractivity contribution in [2.75, 3.05) is 32.7 Å². The molecule has 5 heteroatoms. The van der Waals surface area contributed by atoms with Gasteiger partial charge in [-0.15, -0.1) is 11.3 Å². The Morgan fingerprint density at radius 3 is 2.20 bits per heavy atom. The normalized spacial score (nSPS) is 11.4. The molecule has 0 saturated heterocycles. The summed E-state index contributed by atoms with van der Waals surface area (Å²) in [5.41, 5.74) is 0. The summed E-state index contributed by atoms with van der Waals surface area (Å²) in [6.45, 7) is 12.8. The van der Waals surface area contributed by atoms with E-state index in [2.05, 4.69) is 30.6 Å². The standard InChI is InChI=1S/C15H26N2O2S/c1-4-16(5-2)10-7-11-17(6-3)12-13-8-9-14(20-13)15(18)19/h8-9H,4-7,10-12H2,1-3H3,(H,18,19). The third-order valence-corrected chi connectivity index (χ3v) is 4.60.